The molecule has 0 aliphatic heterocycles. The molecule has 0 spiro atoms. The Balaban J connectivity index is 2.62. The molecule has 0 aliphatic rings. The van der Waals surface area contributed by atoms with Crippen molar-refractivity contribution < 1.29 is 8.42 Å². The van der Waals surface area contributed by atoms with Gasteiger partial charge in [-0.3, -0.25) is 4.68 Å². The van der Waals surface area contributed by atoms with E-state index in [4.69, 9.17) is 0 Å². The summed E-state index contributed by atoms with van der Waals surface area (Å²) < 4.78 is 25.0. The van der Waals surface area contributed by atoms with Crippen LogP contribution in [0.5, 0.6) is 0 Å². The minimum absolute atomic E-state index is 0.139. The van der Waals surface area contributed by atoms with Gasteiger partial charge in [0.25, 0.3) is 0 Å². The number of aryl methyl sites for hydroxylation is 1. The highest BCUT2D eigenvalue weighted by molar-refractivity contribution is 7.91. The molecule has 1 atom stereocenters. The zero-order valence-electron chi connectivity index (χ0n) is 10.8. The summed E-state index contributed by atoms with van der Waals surface area (Å²) in [6, 6.07) is 0.227. The van der Waals surface area contributed by atoms with Crippen LogP contribution in [0.15, 0.2) is 12.4 Å². The summed E-state index contributed by atoms with van der Waals surface area (Å²) >= 11 is 0. The van der Waals surface area contributed by atoms with Crippen LogP contribution in [0.1, 0.15) is 32.4 Å². The molecular weight excluding hydrogens is 238 g/mol. The van der Waals surface area contributed by atoms with Crippen molar-refractivity contribution in [2.24, 2.45) is 0 Å². The topological polar surface area (TPSA) is 64.0 Å². The Morgan fingerprint density at radius 3 is 2.59 bits per heavy atom. The molecule has 0 aromatic carbocycles. The monoisotopic (exact) mass is 259 g/mol. The van der Waals surface area contributed by atoms with E-state index < -0.39 is 9.84 Å². The first-order valence-electron chi connectivity index (χ1n) is 5.78. The highest BCUT2D eigenvalue weighted by Gasteiger charge is 2.16. The van der Waals surface area contributed by atoms with Crippen LogP contribution in [-0.4, -0.2) is 36.2 Å². The van der Waals surface area contributed by atoms with Gasteiger partial charge in [0.15, 0.2) is 9.84 Å². The Hall–Kier alpha value is -0.880. The van der Waals surface area contributed by atoms with Gasteiger partial charge in [0.1, 0.15) is 0 Å². The third-order valence-electron chi connectivity index (χ3n) is 2.91. The van der Waals surface area contributed by atoms with E-state index in [1.54, 1.807) is 24.7 Å². The second-order valence-corrected chi connectivity index (χ2v) is 7.14. The SMILES string of the molecule is CNC(C)c1cnn(CCS(=O)(=O)C(C)C)c1. The lowest BCUT2D eigenvalue weighted by molar-refractivity contribution is 0.572. The van der Waals surface area contributed by atoms with Gasteiger partial charge >= 0.3 is 0 Å². The lowest BCUT2D eigenvalue weighted by atomic mass is 10.2. The summed E-state index contributed by atoms with van der Waals surface area (Å²) in [6.07, 6.45) is 3.65. The van der Waals surface area contributed by atoms with Crippen LogP contribution in [0.3, 0.4) is 0 Å². The third kappa shape index (κ3) is 3.81. The molecular formula is C11H21N3O2S. The summed E-state index contributed by atoms with van der Waals surface area (Å²) in [5, 5.41) is 6.95. The van der Waals surface area contributed by atoms with Crippen molar-refractivity contribution in [3.05, 3.63) is 18.0 Å². The van der Waals surface area contributed by atoms with Crippen molar-refractivity contribution in [3.63, 3.8) is 0 Å². The molecule has 1 aromatic rings. The zero-order chi connectivity index (χ0) is 13.1. The number of sulfone groups is 1. The lowest BCUT2D eigenvalue weighted by Crippen LogP contribution is -2.21. The molecule has 1 aromatic heterocycles. The Morgan fingerprint density at radius 2 is 2.06 bits per heavy atom. The lowest BCUT2D eigenvalue weighted by Gasteiger charge is -2.08. The highest BCUT2D eigenvalue weighted by Crippen LogP contribution is 2.10. The van der Waals surface area contributed by atoms with Gasteiger partial charge in [-0.2, -0.15) is 5.10 Å². The second-order valence-electron chi connectivity index (χ2n) is 4.46. The van der Waals surface area contributed by atoms with Crippen molar-refractivity contribution in [2.75, 3.05) is 12.8 Å². The Morgan fingerprint density at radius 1 is 1.41 bits per heavy atom. The number of hydrogen-bond donors (Lipinski definition) is 1. The molecule has 0 radical (unpaired) electrons. The Bertz CT molecular complexity index is 451. The summed E-state index contributed by atoms with van der Waals surface area (Å²) in [4.78, 5) is 0. The van der Waals surface area contributed by atoms with Gasteiger partial charge in [0, 0.05) is 17.8 Å². The summed E-state index contributed by atoms with van der Waals surface area (Å²) in [6.45, 7) is 5.85. The fourth-order valence-corrected chi connectivity index (χ4v) is 2.26. The van der Waals surface area contributed by atoms with Crippen LogP contribution in [0.2, 0.25) is 0 Å². The van der Waals surface area contributed by atoms with E-state index >= 15 is 0 Å². The van der Waals surface area contributed by atoms with Crippen molar-refractivity contribution in [1.82, 2.24) is 15.1 Å². The predicted molar refractivity (Wildman–Crippen MR) is 68.6 cm³/mol. The van der Waals surface area contributed by atoms with Gasteiger partial charge < -0.3 is 5.32 Å². The van der Waals surface area contributed by atoms with E-state index in [2.05, 4.69) is 10.4 Å². The first kappa shape index (κ1) is 14.2. The van der Waals surface area contributed by atoms with Crippen LogP contribution >= 0.6 is 0 Å². The normalized spacial score (nSPS) is 14.2. The molecule has 5 nitrogen and oxygen atoms in total. The van der Waals surface area contributed by atoms with Gasteiger partial charge in [0.05, 0.1) is 23.7 Å². The van der Waals surface area contributed by atoms with Crippen molar-refractivity contribution in [1.29, 1.82) is 0 Å². The second kappa shape index (κ2) is 5.64. The molecule has 6 heteroatoms. The molecule has 1 heterocycles. The maximum Gasteiger partial charge on any atom is 0.154 e. The van der Waals surface area contributed by atoms with Crippen molar-refractivity contribution >= 4 is 9.84 Å². The molecule has 17 heavy (non-hydrogen) atoms. The fraction of sp³-hybridized carbons (Fsp3) is 0.727. The van der Waals surface area contributed by atoms with Gasteiger partial charge in [-0.15, -0.1) is 0 Å². The average molecular weight is 259 g/mol. The Labute approximate surface area is 103 Å². The van der Waals surface area contributed by atoms with E-state index in [-0.39, 0.29) is 17.0 Å². The minimum Gasteiger partial charge on any atom is -0.313 e. The fourth-order valence-electron chi connectivity index (χ4n) is 1.35. The van der Waals surface area contributed by atoms with E-state index in [0.29, 0.717) is 6.54 Å². The van der Waals surface area contributed by atoms with E-state index in [0.717, 1.165) is 5.56 Å². The van der Waals surface area contributed by atoms with Gasteiger partial charge in [-0.1, -0.05) is 0 Å². The number of rotatable bonds is 6. The molecule has 0 saturated heterocycles. The smallest absolute Gasteiger partial charge is 0.154 e. The largest absolute Gasteiger partial charge is 0.313 e. The third-order valence-corrected chi connectivity index (χ3v) is 5.10. The molecule has 0 amide bonds. The number of nitrogens with one attached hydrogen (secondary N) is 1. The van der Waals surface area contributed by atoms with Crippen LogP contribution < -0.4 is 5.32 Å². The number of hydrogen-bond acceptors (Lipinski definition) is 4. The highest BCUT2D eigenvalue weighted by atomic mass is 32.2. The average Bonchev–Trinajstić information content (AvgIpc) is 2.74. The first-order valence-corrected chi connectivity index (χ1v) is 7.49. The molecule has 1 unspecified atom stereocenters. The van der Waals surface area contributed by atoms with Crippen LogP contribution in [0.25, 0.3) is 0 Å². The van der Waals surface area contributed by atoms with Crippen LogP contribution in [-0.2, 0) is 16.4 Å². The summed E-state index contributed by atoms with van der Waals surface area (Å²) in [7, 11) is -1.11. The molecule has 0 saturated carbocycles. The predicted octanol–water partition coefficient (Wildman–Crippen LogP) is 0.987. The minimum atomic E-state index is -2.99. The van der Waals surface area contributed by atoms with E-state index in [9.17, 15) is 8.42 Å². The maximum atomic E-state index is 11.6. The van der Waals surface area contributed by atoms with Crippen molar-refractivity contribution in [2.45, 2.75) is 38.6 Å². The standard InChI is InChI=1S/C11H21N3O2S/c1-9(2)17(15,16)6-5-14-8-11(7-13-14)10(3)12-4/h7-10,12H,5-6H2,1-4H3. The number of nitrogens with zero attached hydrogens (tertiary/aromatic N) is 2. The Kier molecular flexibility index (Phi) is 4.70. The van der Waals surface area contributed by atoms with Gasteiger partial charge in [0.2, 0.25) is 0 Å². The van der Waals surface area contributed by atoms with Crippen LogP contribution in [0, 0.1) is 0 Å². The molecule has 0 fully saturated rings. The molecule has 1 rings (SSSR count). The van der Waals surface area contributed by atoms with E-state index in [1.165, 1.54) is 0 Å². The molecule has 98 valence electrons. The quantitative estimate of drug-likeness (QED) is 0.827. The summed E-state index contributed by atoms with van der Waals surface area (Å²) in [5.41, 5.74) is 1.06. The van der Waals surface area contributed by atoms with Crippen LogP contribution in [0.4, 0.5) is 0 Å². The number of aromatic nitrogens is 2. The van der Waals surface area contributed by atoms with Gasteiger partial charge in [-0.25, -0.2) is 8.42 Å². The molecule has 0 aliphatic carbocycles. The van der Waals surface area contributed by atoms with Crippen molar-refractivity contribution in [3.8, 4) is 0 Å². The first-order chi connectivity index (χ1) is 7.86. The van der Waals surface area contributed by atoms with Gasteiger partial charge in [-0.05, 0) is 27.8 Å². The summed E-state index contributed by atoms with van der Waals surface area (Å²) in [5.74, 6) is 0.139. The maximum absolute atomic E-state index is 11.6. The molecule has 0 bridgehead atoms. The van der Waals surface area contributed by atoms with E-state index in [1.807, 2.05) is 20.2 Å². The molecule has 1 N–H and O–H groups in total. The zero-order valence-corrected chi connectivity index (χ0v) is 11.7.